The van der Waals surface area contributed by atoms with Crippen LogP contribution in [0.5, 0.6) is 5.75 Å². The van der Waals surface area contributed by atoms with Crippen LogP contribution in [0.25, 0.3) is 0 Å². The Bertz CT molecular complexity index is 854. The van der Waals surface area contributed by atoms with E-state index >= 15 is 0 Å². The number of carbonyl (C=O) groups excluding carboxylic acids is 1. The van der Waals surface area contributed by atoms with Gasteiger partial charge in [0, 0.05) is 4.47 Å². The first-order chi connectivity index (χ1) is 12.3. The number of anilines is 1. The van der Waals surface area contributed by atoms with Crippen molar-refractivity contribution >= 4 is 37.5 Å². The largest absolute Gasteiger partial charge is 0.492 e. The Hall–Kier alpha value is -2.06. The second-order valence-corrected chi connectivity index (χ2v) is 8.58. The maximum absolute atomic E-state index is 12.1. The molecule has 0 fully saturated rings. The predicted octanol–water partition coefficient (Wildman–Crippen LogP) is 2.72. The topological polar surface area (TPSA) is 75.7 Å². The van der Waals surface area contributed by atoms with Gasteiger partial charge in [0.05, 0.1) is 18.5 Å². The van der Waals surface area contributed by atoms with E-state index in [-0.39, 0.29) is 13.1 Å². The Morgan fingerprint density at radius 1 is 1.19 bits per heavy atom. The molecule has 0 unspecified atom stereocenters. The highest BCUT2D eigenvalue weighted by Gasteiger charge is 2.20. The van der Waals surface area contributed by atoms with E-state index in [0.717, 1.165) is 26.3 Å². The molecule has 0 aliphatic carbocycles. The molecule has 140 valence electrons. The first-order valence-corrected chi connectivity index (χ1v) is 10.6. The molecule has 0 aromatic heterocycles. The molecule has 0 saturated heterocycles. The van der Waals surface area contributed by atoms with Gasteiger partial charge >= 0.3 is 0 Å². The predicted molar refractivity (Wildman–Crippen MR) is 106 cm³/mol. The molecule has 0 spiro atoms. The Morgan fingerprint density at radius 2 is 1.88 bits per heavy atom. The quantitative estimate of drug-likeness (QED) is 0.640. The minimum Gasteiger partial charge on any atom is -0.492 e. The van der Waals surface area contributed by atoms with Crippen LogP contribution in [-0.2, 0) is 14.8 Å². The van der Waals surface area contributed by atoms with Crippen LogP contribution in [0.4, 0.5) is 5.69 Å². The molecule has 2 aromatic rings. The Balaban J connectivity index is 1.88. The van der Waals surface area contributed by atoms with Crippen molar-refractivity contribution in [3.05, 3.63) is 58.6 Å². The van der Waals surface area contributed by atoms with Crippen LogP contribution >= 0.6 is 15.9 Å². The van der Waals surface area contributed by atoms with Crippen LogP contribution in [0, 0.1) is 6.92 Å². The summed E-state index contributed by atoms with van der Waals surface area (Å²) in [4.78, 5) is 12.1. The van der Waals surface area contributed by atoms with Crippen LogP contribution in [0.2, 0.25) is 0 Å². The van der Waals surface area contributed by atoms with E-state index in [0.29, 0.717) is 12.3 Å². The molecular weight excluding hydrogens is 420 g/mol. The van der Waals surface area contributed by atoms with Gasteiger partial charge in [-0.1, -0.05) is 39.7 Å². The van der Waals surface area contributed by atoms with Crippen molar-refractivity contribution in [2.45, 2.75) is 6.92 Å². The SMILES string of the molecule is Cc1ccc(OCCNC(=O)CN(c2cccc(Br)c2)S(C)(=O)=O)cc1. The van der Waals surface area contributed by atoms with Crippen molar-refractivity contribution in [3.63, 3.8) is 0 Å². The van der Waals surface area contributed by atoms with Gasteiger partial charge in [0.15, 0.2) is 0 Å². The number of hydrogen-bond donors (Lipinski definition) is 1. The van der Waals surface area contributed by atoms with Gasteiger partial charge in [0.2, 0.25) is 15.9 Å². The molecule has 8 heteroatoms. The Morgan fingerprint density at radius 3 is 2.50 bits per heavy atom. The average molecular weight is 441 g/mol. The number of rotatable bonds is 8. The molecule has 2 rings (SSSR count). The summed E-state index contributed by atoms with van der Waals surface area (Å²) in [6.07, 6.45) is 1.07. The van der Waals surface area contributed by atoms with Crippen molar-refractivity contribution in [1.29, 1.82) is 0 Å². The Labute approximate surface area is 162 Å². The minimum absolute atomic E-state index is 0.281. The number of hydrogen-bond acceptors (Lipinski definition) is 4. The van der Waals surface area contributed by atoms with Gasteiger partial charge < -0.3 is 10.1 Å². The summed E-state index contributed by atoms with van der Waals surface area (Å²) in [6.45, 7) is 2.27. The van der Waals surface area contributed by atoms with Gasteiger partial charge in [-0.2, -0.15) is 0 Å². The highest BCUT2D eigenvalue weighted by molar-refractivity contribution is 9.10. The fourth-order valence-corrected chi connectivity index (χ4v) is 3.45. The zero-order chi connectivity index (χ0) is 19.2. The van der Waals surface area contributed by atoms with Gasteiger partial charge in [-0.15, -0.1) is 0 Å². The smallest absolute Gasteiger partial charge is 0.240 e. The third-order valence-corrected chi connectivity index (χ3v) is 5.13. The van der Waals surface area contributed by atoms with E-state index in [1.54, 1.807) is 24.3 Å². The summed E-state index contributed by atoms with van der Waals surface area (Å²) in [5, 5.41) is 2.67. The molecule has 1 amide bonds. The van der Waals surface area contributed by atoms with E-state index in [4.69, 9.17) is 4.74 Å². The highest BCUT2D eigenvalue weighted by Crippen LogP contribution is 2.21. The van der Waals surface area contributed by atoms with Crippen molar-refractivity contribution in [2.75, 3.05) is 30.3 Å². The number of benzene rings is 2. The number of aryl methyl sites for hydroxylation is 1. The number of nitrogens with zero attached hydrogens (tertiary/aromatic N) is 1. The molecule has 0 atom stereocenters. The lowest BCUT2D eigenvalue weighted by Gasteiger charge is -2.22. The molecule has 6 nitrogen and oxygen atoms in total. The number of sulfonamides is 1. The van der Waals surface area contributed by atoms with Gasteiger partial charge in [-0.05, 0) is 37.3 Å². The van der Waals surface area contributed by atoms with Crippen molar-refractivity contribution in [3.8, 4) is 5.75 Å². The molecular formula is C18H21BrN2O4S. The normalized spacial score (nSPS) is 11.0. The van der Waals surface area contributed by atoms with Gasteiger partial charge in [0.1, 0.15) is 18.9 Å². The number of ether oxygens (including phenoxy) is 1. The average Bonchev–Trinajstić information content (AvgIpc) is 2.57. The third kappa shape index (κ3) is 6.34. The molecule has 0 bridgehead atoms. The Kier molecular flexibility index (Phi) is 7.05. The molecule has 0 aliphatic rings. The van der Waals surface area contributed by atoms with Crippen LogP contribution in [-0.4, -0.2) is 40.3 Å². The minimum atomic E-state index is -3.59. The summed E-state index contributed by atoms with van der Waals surface area (Å²) >= 11 is 3.30. The van der Waals surface area contributed by atoms with E-state index in [1.807, 2.05) is 31.2 Å². The van der Waals surface area contributed by atoms with Gasteiger partial charge in [-0.25, -0.2) is 8.42 Å². The van der Waals surface area contributed by atoms with E-state index < -0.39 is 15.9 Å². The third-order valence-electron chi connectivity index (χ3n) is 3.50. The number of amides is 1. The number of nitrogens with one attached hydrogen (secondary N) is 1. The molecule has 0 radical (unpaired) electrons. The summed E-state index contributed by atoms with van der Waals surface area (Å²) in [6, 6.07) is 14.4. The van der Waals surface area contributed by atoms with Crippen LogP contribution < -0.4 is 14.4 Å². The molecule has 0 aliphatic heterocycles. The molecule has 26 heavy (non-hydrogen) atoms. The molecule has 2 aromatic carbocycles. The van der Waals surface area contributed by atoms with E-state index in [1.165, 1.54) is 0 Å². The van der Waals surface area contributed by atoms with Crippen molar-refractivity contribution in [2.24, 2.45) is 0 Å². The number of carbonyl (C=O) groups is 1. The van der Waals surface area contributed by atoms with Crippen molar-refractivity contribution in [1.82, 2.24) is 5.32 Å². The van der Waals surface area contributed by atoms with E-state index in [9.17, 15) is 13.2 Å². The standard InChI is InChI=1S/C18H21BrN2O4S/c1-14-6-8-17(9-7-14)25-11-10-20-18(22)13-21(26(2,23)24)16-5-3-4-15(19)12-16/h3-9,12H,10-11,13H2,1-2H3,(H,20,22). The summed E-state index contributed by atoms with van der Waals surface area (Å²) < 4.78 is 31.4. The van der Waals surface area contributed by atoms with Gasteiger partial charge in [-0.3, -0.25) is 9.10 Å². The maximum Gasteiger partial charge on any atom is 0.240 e. The van der Waals surface area contributed by atoms with Crippen LogP contribution in [0.1, 0.15) is 5.56 Å². The second-order valence-electron chi connectivity index (χ2n) is 5.76. The lowest BCUT2D eigenvalue weighted by atomic mass is 10.2. The van der Waals surface area contributed by atoms with Crippen molar-refractivity contribution < 1.29 is 17.9 Å². The monoisotopic (exact) mass is 440 g/mol. The first-order valence-electron chi connectivity index (χ1n) is 7.95. The zero-order valence-corrected chi connectivity index (χ0v) is 17.0. The first kappa shape index (κ1) is 20.3. The fourth-order valence-electron chi connectivity index (χ4n) is 2.21. The summed E-state index contributed by atoms with van der Waals surface area (Å²) in [5.41, 5.74) is 1.56. The highest BCUT2D eigenvalue weighted by atomic mass is 79.9. The molecule has 0 heterocycles. The van der Waals surface area contributed by atoms with Crippen LogP contribution in [0.3, 0.4) is 0 Å². The fraction of sp³-hybridized carbons (Fsp3) is 0.278. The van der Waals surface area contributed by atoms with Crippen LogP contribution in [0.15, 0.2) is 53.0 Å². The molecule has 1 N–H and O–H groups in total. The zero-order valence-electron chi connectivity index (χ0n) is 14.6. The lowest BCUT2D eigenvalue weighted by molar-refractivity contribution is -0.119. The summed E-state index contributed by atoms with van der Waals surface area (Å²) in [7, 11) is -3.59. The van der Waals surface area contributed by atoms with E-state index in [2.05, 4.69) is 21.2 Å². The molecule has 0 saturated carbocycles. The summed E-state index contributed by atoms with van der Waals surface area (Å²) in [5.74, 6) is 0.319. The second kappa shape index (κ2) is 9.05. The maximum atomic E-state index is 12.1. The van der Waals surface area contributed by atoms with Gasteiger partial charge in [0.25, 0.3) is 0 Å². The lowest BCUT2D eigenvalue weighted by Crippen LogP contribution is -2.41. The number of halogens is 1.